The predicted molar refractivity (Wildman–Crippen MR) is 66.0 cm³/mol. The number of fused-ring (bicyclic) bond motifs is 1. The first-order chi connectivity index (χ1) is 9.15. The number of ether oxygens (including phenoxy) is 1. The highest BCUT2D eigenvalue weighted by atomic mass is 19.1. The van der Waals surface area contributed by atoms with Crippen molar-refractivity contribution in [3.8, 4) is 0 Å². The van der Waals surface area contributed by atoms with Crippen molar-refractivity contribution < 1.29 is 19.0 Å². The van der Waals surface area contributed by atoms with Gasteiger partial charge in [0.2, 0.25) is 5.95 Å². The fourth-order valence-corrected chi connectivity index (χ4v) is 2.02. The average molecular weight is 262 g/mol. The lowest BCUT2D eigenvalue weighted by Gasteiger charge is -2.26. The van der Waals surface area contributed by atoms with E-state index < -0.39 is 11.9 Å². The van der Waals surface area contributed by atoms with E-state index in [1.165, 1.54) is 10.8 Å². The molecule has 0 radical (unpaired) electrons. The van der Waals surface area contributed by atoms with E-state index in [9.17, 15) is 9.18 Å². The molecule has 0 amide bonds. The van der Waals surface area contributed by atoms with Crippen molar-refractivity contribution in [3.05, 3.63) is 35.8 Å². The second-order valence-electron chi connectivity index (χ2n) is 4.30. The van der Waals surface area contributed by atoms with Crippen LogP contribution in [0, 0.1) is 5.95 Å². The lowest BCUT2D eigenvalue weighted by Crippen LogP contribution is -2.25. The Hall–Kier alpha value is -2.21. The van der Waals surface area contributed by atoms with Crippen LogP contribution in [0.3, 0.4) is 0 Å². The van der Waals surface area contributed by atoms with E-state index in [0.717, 1.165) is 12.5 Å². The molecule has 1 unspecified atom stereocenters. The lowest BCUT2D eigenvalue weighted by atomic mass is 10.1. The number of aliphatic carboxylic acids is 1. The summed E-state index contributed by atoms with van der Waals surface area (Å²) in [5, 5.41) is 12.8. The Morgan fingerprint density at radius 3 is 3.00 bits per heavy atom. The molecule has 1 aromatic heterocycles. The Kier molecular flexibility index (Phi) is 2.79. The molecule has 1 atom stereocenters. The number of benzene rings is 1. The van der Waals surface area contributed by atoms with E-state index in [1.807, 2.05) is 0 Å². The standard InChI is InChI=1S/C13H11FN2O3/c14-13-9-3-1-8(2-4-12(17)18)7-10(9)16(15-13)11-5-6-19-11/h1-4,7,11H,5-6H2,(H,17,18)/b4-2+. The van der Waals surface area contributed by atoms with Gasteiger partial charge in [0.05, 0.1) is 17.5 Å². The van der Waals surface area contributed by atoms with E-state index in [4.69, 9.17) is 9.84 Å². The number of nitrogens with zero attached hydrogens (tertiary/aromatic N) is 2. The topological polar surface area (TPSA) is 64.3 Å². The molecular weight excluding hydrogens is 251 g/mol. The smallest absolute Gasteiger partial charge is 0.328 e. The largest absolute Gasteiger partial charge is 0.478 e. The van der Waals surface area contributed by atoms with Gasteiger partial charge in [0.25, 0.3) is 0 Å². The third-order valence-electron chi connectivity index (χ3n) is 3.05. The maximum atomic E-state index is 13.7. The monoisotopic (exact) mass is 262 g/mol. The molecule has 0 spiro atoms. The number of hydrogen-bond acceptors (Lipinski definition) is 3. The Morgan fingerprint density at radius 2 is 2.37 bits per heavy atom. The van der Waals surface area contributed by atoms with Crippen LogP contribution in [0.2, 0.25) is 0 Å². The highest BCUT2D eigenvalue weighted by molar-refractivity contribution is 5.87. The van der Waals surface area contributed by atoms with Gasteiger partial charge in [0.15, 0.2) is 6.23 Å². The van der Waals surface area contributed by atoms with Crippen LogP contribution in [0.4, 0.5) is 4.39 Å². The Bertz CT molecular complexity index is 674. The molecule has 5 nitrogen and oxygen atoms in total. The van der Waals surface area contributed by atoms with Crippen molar-refractivity contribution in [2.75, 3.05) is 6.61 Å². The maximum Gasteiger partial charge on any atom is 0.328 e. The molecule has 1 N–H and O–H groups in total. The molecule has 19 heavy (non-hydrogen) atoms. The second-order valence-corrected chi connectivity index (χ2v) is 4.30. The van der Waals surface area contributed by atoms with Crippen molar-refractivity contribution in [3.63, 3.8) is 0 Å². The van der Waals surface area contributed by atoms with Crippen LogP contribution in [0.25, 0.3) is 17.0 Å². The molecule has 1 aliphatic rings. The maximum absolute atomic E-state index is 13.7. The zero-order chi connectivity index (χ0) is 13.4. The minimum Gasteiger partial charge on any atom is -0.478 e. The van der Waals surface area contributed by atoms with Crippen molar-refractivity contribution in [2.24, 2.45) is 0 Å². The quantitative estimate of drug-likeness (QED) is 0.861. The van der Waals surface area contributed by atoms with Crippen molar-refractivity contribution >= 4 is 22.9 Å². The summed E-state index contributed by atoms with van der Waals surface area (Å²) in [7, 11) is 0. The Morgan fingerprint density at radius 1 is 1.58 bits per heavy atom. The predicted octanol–water partition coefficient (Wildman–Crippen LogP) is 2.19. The molecule has 0 saturated carbocycles. The molecule has 6 heteroatoms. The van der Waals surface area contributed by atoms with Gasteiger partial charge in [-0.15, -0.1) is 5.10 Å². The van der Waals surface area contributed by atoms with Gasteiger partial charge < -0.3 is 9.84 Å². The number of hydrogen-bond donors (Lipinski definition) is 1. The zero-order valence-corrected chi connectivity index (χ0v) is 9.91. The SMILES string of the molecule is O=C(O)/C=C/c1ccc2c(F)nn(C3CCO3)c2c1. The van der Waals surface area contributed by atoms with Gasteiger partial charge in [-0.3, -0.25) is 0 Å². The minimum absolute atomic E-state index is 0.231. The lowest BCUT2D eigenvalue weighted by molar-refractivity contribution is -0.131. The summed E-state index contributed by atoms with van der Waals surface area (Å²) >= 11 is 0. The van der Waals surface area contributed by atoms with Crippen LogP contribution in [-0.4, -0.2) is 27.5 Å². The van der Waals surface area contributed by atoms with Crippen LogP contribution in [-0.2, 0) is 9.53 Å². The first-order valence-corrected chi connectivity index (χ1v) is 5.85. The summed E-state index contributed by atoms with van der Waals surface area (Å²) in [6.07, 6.45) is 3.06. The first kappa shape index (κ1) is 11.9. The highest BCUT2D eigenvalue weighted by Crippen LogP contribution is 2.29. The number of carboxylic acids is 1. The molecule has 1 fully saturated rings. The molecule has 98 valence electrons. The van der Waals surface area contributed by atoms with Gasteiger partial charge in [-0.2, -0.15) is 4.39 Å². The molecule has 1 saturated heterocycles. The van der Waals surface area contributed by atoms with Crippen LogP contribution >= 0.6 is 0 Å². The molecule has 3 rings (SSSR count). The zero-order valence-electron chi connectivity index (χ0n) is 9.91. The van der Waals surface area contributed by atoms with E-state index in [1.54, 1.807) is 18.2 Å². The first-order valence-electron chi connectivity index (χ1n) is 5.85. The summed E-state index contributed by atoms with van der Waals surface area (Å²) in [5.41, 5.74) is 1.28. The van der Waals surface area contributed by atoms with E-state index in [2.05, 4.69) is 5.10 Å². The van der Waals surface area contributed by atoms with Crippen LogP contribution in [0.15, 0.2) is 24.3 Å². The molecule has 2 heterocycles. The van der Waals surface area contributed by atoms with E-state index >= 15 is 0 Å². The summed E-state index contributed by atoms with van der Waals surface area (Å²) in [6.45, 7) is 0.645. The number of carboxylic acid groups (broad SMARTS) is 1. The van der Waals surface area contributed by atoms with E-state index in [0.29, 0.717) is 23.1 Å². The molecule has 1 aliphatic heterocycles. The van der Waals surface area contributed by atoms with Crippen LogP contribution in [0.5, 0.6) is 0 Å². The third kappa shape index (κ3) is 2.10. The van der Waals surface area contributed by atoms with Gasteiger partial charge in [-0.25, -0.2) is 9.48 Å². The molecule has 0 bridgehead atoms. The molecule has 1 aromatic carbocycles. The third-order valence-corrected chi connectivity index (χ3v) is 3.05. The van der Waals surface area contributed by atoms with Crippen molar-refractivity contribution in [2.45, 2.75) is 12.6 Å². The summed E-state index contributed by atoms with van der Waals surface area (Å²) in [6, 6.07) is 4.94. The van der Waals surface area contributed by atoms with Gasteiger partial charge in [0.1, 0.15) is 0 Å². The summed E-state index contributed by atoms with van der Waals surface area (Å²) in [5.74, 6) is -1.57. The van der Waals surface area contributed by atoms with Gasteiger partial charge in [-0.05, 0) is 23.8 Å². The van der Waals surface area contributed by atoms with Crippen LogP contribution < -0.4 is 0 Å². The summed E-state index contributed by atoms with van der Waals surface area (Å²) < 4.78 is 20.5. The van der Waals surface area contributed by atoms with Crippen LogP contribution in [0.1, 0.15) is 18.2 Å². The summed E-state index contributed by atoms with van der Waals surface area (Å²) in [4.78, 5) is 10.5. The van der Waals surface area contributed by atoms with Crippen molar-refractivity contribution in [1.82, 2.24) is 9.78 Å². The van der Waals surface area contributed by atoms with Gasteiger partial charge in [0, 0.05) is 12.5 Å². The molecule has 2 aromatic rings. The number of aromatic nitrogens is 2. The number of rotatable bonds is 3. The number of carbonyl (C=O) groups is 1. The fraction of sp³-hybridized carbons (Fsp3) is 0.231. The number of halogens is 1. The normalized spacial score (nSPS) is 18.9. The van der Waals surface area contributed by atoms with Gasteiger partial charge in [-0.1, -0.05) is 6.07 Å². The second kappa shape index (κ2) is 4.47. The molecule has 0 aliphatic carbocycles. The van der Waals surface area contributed by atoms with E-state index in [-0.39, 0.29) is 6.23 Å². The highest BCUT2D eigenvalue weighted by Gasteiger charge is 2.24. The fourth-order valence-electron chi connectivity index (χ4n) is 2.02. The molecular formula is C13H11FN2O3. The minimum atomic E-state index is -1.03. The van der Waals surface area contributed by atoms with Crippen molar-refractivity contribution in [1.29, 1.82) is 0 Å². The Labute approximate surface area is 107 Å². The van der Waals surface area contributed by atoms with Gasteiger partial charge >= 0.3 is 5.97 Å². The Balaban J connectivity index is 2.07. The average Bonchev–Trinajstić information content (AvgIpc) is 2.62.